The number of aromatic nitrogens is 4. The van der Waals surface area contributed by atoms with Gasteiger partial charge in [0.05, 0.1) is 27.6 Å². The molecule has 35 heavy (non-hydrogen) atoms. The van der Waals surface area contributed by atoms with Crippen LogP contribution in [0.1, 0.15) is 22.6 Å². The minimum absolute atomic E-state index is 0.0310. The van der Waals surface area contributed by atoms with Gasteiger partial charge < -0.3 is 10.8 Å². The standard InChI is InChI=1S/C27H19N5O3/c28-25-21(26(34)32-27(35)31-25)19(14-8-2-1-3-9-14)20-23-22(15-10-4-5-11-16(15)24(20)33)29-17-12-6-7-13-18(17)30-23/h1-13,19,33H,(H4,28,31,32,34,35). The van der Waals surface area contributed by atoms with Crippen molar-refractivity contribution in [3.05, 3.63) is 116 Å². The third-order valence-corrected chi connectivity index (χ3v) is 6.24. The van der Waals surface area contributed by atoms with Crippen LogP contribution in [0.4, 0.5) is 5.82 Å². The van der Waals surface area contributed by atoms with Crippen molar-refractivity contribution in [2.45, 2.75) is 5.92 Å². The zero-order valence-electron chi connectivity index (χ0n) is 18.3. The quantitative estimate of drug-likeness (QED) is 0.234. The van der Waals surface area contributed by atoms with Crippen LogP contribution in [-0.4, -0.2) is 25.0 Å². The Hall–Kier alpha value is -4.98. The number of para-hydroxylation sites is 2. The Bertz CT molecular complexity index is 1880. The largest absolute Gasteiger partial charge is 0.507 e. The Labute approximate surface area is 197 Å². The average Bonchev–Trinajstić information content (AvgIpc) is 2.87. The highest BCUT2D eigenvalue weighted by atomic mass is 16.3. The Morgan fingerprint density at radius 1 is 0.714 bits per heavy atom. The predicted octanol–water partition coefficient (Wildman–Crippen LogP) is 3.78. The van der Waals surface area contributed by atoms with Crippen molar-refractivity contribution in [2.24, 2.45) is 0 Å². The van der Waals surface area contributed by atoms with Crippen molar-refractivity contribution < 1.29 is 5.11 Å². The van der Waals surface area contributed by atoms with Crippen molar-refractivity contribution in [1.82, 2.24) is 19.9 Å². The molecule has 2 aromatic heterocycles. The summed E-state index contributed by atoms with van der Waals surface area (Å²) in [5, 5.41) is 13.0. The van der Waals surface area contributed by atoms with Gasteiger partial charge in [-0.25, -0.2) is 14.8 Å². The third kappa shape index (κ3) is 3.23. The maximum Gasteiger partial charge on any atom is 0.327 e. The number of H-pyrrole nitrogens is 2. The lowest BCUT2D eigenvalue weighted by Gasteiger charge is -2.22. The summed E-state index contributed by atoms with van der Waals surface area (Å²) in [5.41, 5.74) is 8.42. The Morgan fingerprint density at radius 3 is 2.00 bits per heavy atom. The molecule has 0 bridgehead atoms. The zero-order valence-corrected chi connectivity index (χ0v) is 18.3. The molecule has 6 aromatic rings. The van der Waals surface area contributed by atoms with Gasteiger partial charge in [-0.2, -0.15) is 0 Å². The number of phenolic OH excluding ortho intramolecular Hbond substituents is 1. The molecule has 8 heteroatoms. The van der Waals surface area contributed by atoms with Crippen LogP contribution in [0.15, 0.2) is 88.5 Å². The lowest BCUT2D eigenvalue weighted by atomic mass is 9.83. The minimum Gasteiger partial charge on any atom is -0.507 e. The van der Waals surface area contributed by atoms with Crippen molar-refractivity contribution in [1.29, 1.82) is 0 Å². The fourth-order valence-corrected chi connectivity index (χ4v) is 4.73. The molecule has 0 fully saturated rings. The number of nitrogens with one attached hydrogen (secondary N) is 2. The first-order valence-corrected chi connectivity index (χ1v) is 11.0. The van der Waals surface area contributed by atoms with Gasteiger partial charge in [-0.1, -0.05) is 66.7 Å². The zero-order chi connectivity index (χ0) is 24.1. The second kappa shape index (κ2) is 7.81. The fourth-order valence-electron chi connectivity index (χ4n) is 4.73. The van der Waals surface area contributed by atoms with Gasteiger partial charge in [0.15, 0.2) is 0 Å². The first-order chi connectivity index (χ1) is 17.0. The third-order valence-electron chi connectivity index (χ3n) is 6.24. The highest BCUT2D eigenvalue weighted by Gasteiger charge is 2.30. The first kappa shape index (κ1) is 20.6. The van der Waals surface area contributed by atoms with Gasteiger partial charge in [0.2, 0.25) is 0 Å². The van der Waals surface area contributed by atoms with E-state index < -0.39 is 17.2 Å². The van der Waals surface area contributed by atoms with Crippen molar-refractivity contribution in [3.8, 4) is 5.75 Å². The molecule has 0 radical (unpaired) electrons. The van der Waals surface area contributed by atoms with E-state index in [1.807, 2.05) is 72.8 Å². The van der Waals surface area contributed by atoms with E-state index in [1.54, 1.807) is 6.07 Å². The summed E-state index contributed by atoms with van der Waals surface area (Å²) in [7, 11) is 0. The molecule has 0 amide bonds. The lowest BCUT2D eigenvalue weighted by Crippen LogP contribution is -2.29. The number of nitrogens with two attached hydrogens (primary N) is 1. The van der Waals surface area contributed by atoms with Gasteiger partial charge >= 0.3 is 5.69 Å². The SMILES string of the molecule is Nc1[nH]c(=O)[nH]c(=O)c1C(c1ccccc1)c1c(O)c2ccccc2c2nc3ccccc3nc12. The summed E-state index contributed by atoms with van der Waals surface area (Å²) in [5.74, 6) is -0.946. The van der Waals surface area contributed by atoms with E-state index >= 15 is 0 Å². The van der Waals surface area contributed by atoms with Gasteiger partial charge in [-0.05, 0) is 17.7 Å². The van der Waals surface area contributed by atoms with Crippen LogP contribution in [0.25, 0.3) is 32.8 Å². The van der Waals surface area contributed by atoms with Gasteiger partial charge in [0, 0.05) is 22.3 Å². The van der Waals surface area contributed by atoms with Gasteiger partial charge in [0.1, 0.15) is 11.6 Å². The van der Waals surface area contributed by atoms with Crippen molar-refractivity contribution in [3.63, 3.8) is 0 Å². The first-order valence-electron chi connectivity index (χ1n) is 11.0. The van der Waals surface area contributed by atoms with Crippen LogP contribution >= 0.6 is 0 Å². The van der Waals surface area contributed by atoms with E-state index in [-0.39, 0.29) is 17.1 Å². The molecular weight excluding hydrogens is 442 g/mol. The molecule has 8 nitrogen and oxygen atoms in total. The van der Waals surface area contributed by atoms with E-state index in [9.17, 15) is 14.7 Å². The van der Waals surface area contributed by atoms with E-state index in [0.29, 0.717) is 38.6 Å². The van der Waals surface area contributed by atoms with Crippen molar-refractivity contribution >= 4 is 38.7 Å². The van der Waals surface area contributed by atoms with Crippen molar-refractivity contribution in [2.75, 3.05) is 5.73 Å². The number of nitrogens with zero attached hydrogens (tertiary/aromatic N) is 2. The number of rotatable bonds is 3. The topological polar surface area (TPSA) is 138 Å². The number of phenols is 1. The molecule has 1 unspecified atom stereocenters. The molecule has 0 spiro atoms. The molecule has 6 rings (SSSR count). The van der Waals surface area contributed by atoms with Crippen LogP contribution < -0.4 is 17.0 Å². The fraction of sp³-hybridized carbons (Fsp3) is 0.0370. The maximum atomic E-state index is 13.1. The summed E-state index contributed by atoms with van der Waals surface area (Å²) in [4.78, 5) is 39.5. The Kier molecular flexibility index (Phi) is 4.60. The molecule has 2 heterocycles. The number of benzene rings is 4. The average molecular weight is 461 g/mol. The second-order valence-electron chi connectivity index (χ2n) is 8.30. The monoisotopic (exact) mass is 461 g/mol. The maximum absolute atomic E-state index is 13.1. The van der Waals surface area contributed by atoms with Gasteiger partial charge in [-0.3, -0.25) is 14.8 Å². The molecule has 4 aromatic carbocycles. The number of fused-ring (bicyclic) bond motifs is 4. The number of anilines is 1. The molecule has 1 atom stereocenters. The van der Waals surface area contributed by atoms with Crippen LogP contribution in [0.2, 0.25) is 0 Å². The molecule has 0 saturated heterocycles. The summed E-state index contributed by atoms with van der Waals surface area (Å²) < 4.78 is 0. The molecule has 5 N–H and O–H groups in total. The second-order valence-corrected chi connectivity index (χ2v) is 8.30. The van der Waals surface area contributed by atoms with Crippen LogP contribution in [0, 0.1) is 0 Å². The molecule has 0 aliphatic rings. The number of hydrogen-bond donors (Lipinski definition) is 4. The Morgan fingerprint density at radius 2 is 1.31 bits per heavy atom. The molecule has 170 valence electrons. The normalized spacial score (nSPS) is 12.3. The van der Waals surface area contributed by atoms with E-state index in [0.717, 1.165) is 5.39 Å². The number of hydrogen-bond acceptors (Lipinski definition) is 6. The van der Waals surface area contributed by atoms with Crippen LogP contribution in [0.3, 0.4) is 0 Å². The smallest absolute Gasteiger partial charge is 0.327 e. The highest BCUT2D eigenvalue weighted by molar-refractivity contribution is 6.11. The number of nitrogen functional groups attached to an aromatic ring is 1. The lowest BCUT2D eigenvalue weighted by molar-refractivity contribution is 0.474. The van der Waals surface area contributed by atoms with Crippen LogP contribution in [-0.2, 0) is 0 Å². The molecular formula is C27H19N5O3. The summed E-state index contributed by atoms with van der Waals surface area (Å²) in [6.07, 6.45) is 0. The predicted molar refractivity (Wildman–Crippen MR) is 136 cm³/mol. The molecule has 0 saturated carbocycles. The van der Waals surface area contributed by atoms with E-state index in [1.165, 1.54) is 0 Å². The molecule has 0 aliphatic heterocycles. The number of aromatic amines is 2. The molecule has 0 aliphatic carbocycles. The van der Waals surface area contributed by atoms with Crippen LogP contribution in [0.5, 0.6) is 5.75 Å². The van der Waals surface area contributed by atoms with Gasteiger partial charge in [0.25, 0.3) is 5.56 Å². The number of aromatic hydroxyl groups is 1. The van der Waals surface area contributed by atoms with E-state index in [4.69, 9.17) is 15.7 Å². The Balaban J connectivity index is 1.84. The highest BCUT2D eigenvalue weighted by Crippen LogP contribution is 2.45. The van der Waals surface area contributed by atoms with E-state index in [2.05, 4.69) is 9.97 Å². The summed E-state index contributed by atoms with van der Waals surface area (Å²) in [6.45, 7) is 0. The summed E-state index contributed by atoms with van der Waals surface area (Å²) >= 11 is 0. The minimum atomic E-state index is -0.834. The summed E-state index contributed by atoms with van der Waals surface area (Å²) in [6, 6.07) is 24.0. The van der Waals surface area contributed by atoms with Gasteiger partial charge in [-0.15, -0.1) is 0 Å².